The van der Waals surface area contributed by atoms with Gasteiger partial charge in [-0.15, -0.1) is 0 Å². The second-order valence-electron chi connectivity index (χ2n) is 6.93. The molecular weight excluding hydrogens is 292 g/mol. The van der Waals surface area contributed by atoms with Crippen molar-refractivity contribution >= 4 is 0 Å². The van der Waals surface area contributed by atoms with Gasteiger partial charge in [0, 0.05) is 58.1 Å². The van der Waals surface area contributed by atoms with E-state index in [-0.39, 0.29) is 5.54 Å². The molecule has 3 rings (SSSR count). The molecule has 1 aromatic rings. The normalized spacial score (nSPS) is 22.7. The molecule has 130 valence electrons. The van der Waals surface area contributed by atoms with Crippen LogP contribution in [0.3, 0.4) is 0 Å². The van der Waals surface area contributed by atoms with Crippen molar-refractivity contribution in [3.8, 4) is 0 Å². The van der Waals surface area contributed by atoms with Crippen LogP contribution in [0.2, 0.25) is 0 Å². The summed E-state index contributed by atoms with van der Waals surface area (Å²) in [6.07, 6.45) is 2.34. The Hall–Kier alpha value is -0.950. The van der Waals surface area contributed by atoms with Crippen LogP contribution in [0.25, 0.3) is 0 Å². The molecule has 6 heteroatoms. The minimum absolute atomic E-state index is 0.216. The maximum Gasteiger partial charge on any atom is 0.0767 e. The number of aryl methyl sites for hydroxylation is 2. The summed E-state index contributed by atoms with van der Waals surface area (Å²) in [7, 11) is 3.79. The van der Waals surface area contributed by atoms with E-state index in [9.17, 15) is 0 Å². The maximum absolute atomic E-state index is 5.83. The Labute approximate surface area is 139 Å². The molecule has 3 heterocycles. The fourth-order valence-corrected chi connectivity index (χ4v) is 3.85. The maximum atomic E-state index is 5.83. The van der Waals surface area contributed by atoms with Crippen molar-refractivity contribution in [2.75, 3.05) is 53.1 Å². The Kier molecular flexibility index (Phi) is 5.36. The summed E-state index contributed by atoms with van der Waals surface area (Å²) < 4.78 is 13.1. The van der Waals surface area contributed by atoms with E-state index in [4.69, 9.17) is 9.47 Å². The molecule has 0 unspecified atom stereocenters. The largest absolute Gasteiger partial charge is 0.383 e. The molecule has 2 aliphatic heterocycles. The molecule has 0 aromatic carbocycles. The number of aromatic nitrogens is 2. The smallest absolute Gasteiger partial charge is 0.0767 e. The van der Waals surface area contributed by atoms with Crippen molar-refractivity contribution in [2.45, 2.75) is 31.8 Å². The SMILES string of the molecule is COCCN1CCOCC12CCN(Cc1cc(C)n(C)n1)CC2. The summed E-state index contributed by atoms with van der Waals surface area (Å²) in [5.41, 5.74) is 2.62. The fraction of sp³-hybridized carbons (Fsp3) is 0.824. The average molecular weight is 322 g/mol. The van der Waals surface area contributed by atoms with Gasteiger partial charge in [0.15, 0.2) is 0 Å². The molecule has 1 spiro atoms. The number of hydrogen-bond donors (Lipinski definition) is 0. The van der Waals surface area contributed by atoms with Crippen LogP contribution in [-0.4, -0.2) is 78.2 Å². The molecule has 0 amide bonds. The van der Waals surface area contributed by atoms with Crippen LogP contribution in [-0.2, 0) is 23.1 Å². The Morgan fingerprint density at radius 1 is 1.30 bits per heavy atom. The standard InChI is InChI=1S/C17H30N4O2/c1-15-12-16(18-19(15)2)13-20-6-4-17(5-7-20)14-23-11-9-21(17)8-10-22-3/h12H,4-11,13-14H2,1-3H3. The van der Waals surface area contributed by atoms with E-state index in [1.807, 2.05) is 11.7 Å². The van der Waals surface area contributed by atoms with Crippen LogP contribution in [0, 0.1) is 6.92 Å². The predicted octanol–water partition coefficient (Wildman–Crippen LogP) is 1.04. The van der Waals surface area contributed by atoms with Gasteiger partial charge in [0.05, 0.1) is 25.5 Å². The molecule has 6 nitrogen and oxygen atoms in total. The lowest BCUT2D eigenvalue weighted by Crippen LogP contribution is -2.61. The van der Waals surface area contributed by atoms with Gasteiger partial charge in [-0.05, 0) is 25.8 Å². The third kappa shape index (κ3) is 3.76. The molecule has 2 saturated heterocycles. The first-order chi connectivity index (χ1) is 11.1. The Balaban J connectivity index is 1.57. The number of piperidine rings is 1. The average Bonchev–Trinajstić information content (AvgIpc) is 2.87. The van der Waals surface area contributed by atoms with Gasteiger partial charge >= 0.3 is 0 Å². The number of morpholine rings is 1. The summed E-state index contributed by atoms with van der Waals surface area (Å²) in [4.78, 5) is 5.12. The van der Waals surface area contributed by atoms with E-state index in [0.29, 0.717) is 0 Å². The third-order valence-electron chi connectivity index (χ3n) is 5.45. The van der Waals surface area contributed by atoms with E-state index in [1.165, 1.54) is 24.2 Å². The zero-order chi connectivity index (χ0) is 16.3. The fourth-order valence-electron chi connectivity index (χ4n) is 3.85. The van der Waals surface area contributed by atoms with E-state index >= 15 is 0 Å². The second-order valence-corrected chi connectivity index (χ2v) is 6.93. The highest BCUT2D eigenvalue weighted by Crippen LogP contribution is 2.32. The summed E-state index contributed by atoms with van der Waals surface area (Å²) in [6.45, 7) is 9.85. The van der Waals surface area contributed by atoms with Crippen molar-refractivity contribution in [3.63, 3.8) is 0 Å². The molecule has 0 aliphatic carbocycles. The summed E-state index contributed by atoms with van der Waals surface area (Å²) in [5, 5.41) is 4.59. The molecule has 2 fully saturated rings. The van der Waals surface area contributed by atoms with Gasteiger partial charge in [-0.2, -0.15) is 5.10 Å². The summed E-state index contributed by atoms with van der Waals surface area (Å²) >= 11 is 0. The van der Waals surface area contributed by atoms with Crippen molar-refractivity contribution in [1.82, 2.24) is 19.6 Å². The highest BCUT2D eigenvalue weighted by Gasteiger charge is 2.41. The first-order valence-corrected chi connectivity index (χ1v) is 8.67. The molecule has 0 radical (unpaired) electrons. The van der Waals surface area contributed by atoms with Gasteiger partial charge in [0.25, 0.3) is 0 Å². The lowest BCUT2D eigenvalue weighted by Gasteiger charge is -2.51. The number of nitrogens with zero attached hydrogens (tertiary/aromatic N) is 4. The van der Waals surface area contributed by atoms with Crippen LogP contribution in [0.5, 0.6) is 0 Å². The van der Waals surface area contributed by atoms with Gasteiger partial charge in [-0.25, -0.2) is 0 Å². The topological polar surface area (TPSA) is 42.8 Å². The lowest BCUT2D eigenvalue weighted by molar-refractivity contribution is -0.101. The minimum Gasteiger partial charge on any atom is -0.383 e. The molecule has 1 aromatic heterocycles. The molecule has 2 aliphatic rings. The number of rotatable bonds is 5. The quantitative estimate of drug-likeness (QED) is 0.810. The van der Waals surface area contributed by atoms with Crippen molar-refractivity contribution in [2.24, 2.45) is 7.05 Å². The van der Waals surface area contributed by atoms with E-state index < -0.39 is 0 Å². The molecule has 0 bridgehead atoms. The zero-order valence-electron chi connectivity index (χ0n) is 14.8. The Bertz CT molecular complexity index is 489. The molecule has 23 heavy (non-hydrogen) atoms. The van der Waals surface area contributed by atoms with Crippen LogP contribution in [0.4, 0.5) is 0 Å². The second kappa shape index (κ2) is 7.30. The number of likely N-dealkylation sites (tertiary alicyclic amines) is 1. The summed E-state index contributed by atoms with van der Waals surface area (Å²) in [5.74, 6) is 0. The van der Waals surface area contributed by atoms with Gasteiger partial charge in [-0.3, -0.25) is 14.5 Å². The molecular formula is C17H30N4O2. The van der Waals surface area contributed by atoms with Crippen molar-refractivity contribution < 1.29 is 9.47 Å². The highest BCUT2D eigenvalue weighted by atomic mass is 16.5. The number of hydrogen-bond acceptors (Lipinski definition) is 5. The highest BCUT2D eigenvalue weighted by molar-refractivity contribution is 5.09. The van der Waals surface area contributed by atoms with Crippen LogP contribution in [0.15, 0.2) is 6.07 Å². The lowest BCUT2D eigenvalue weighted by atomic mass is 9.85. The van der Waals surface area contributed by atoms with Crippen molar-refractivity contribution in [1.29, 1.82) is 0 Å². The van der Waals surface area contributed by atoms with E-state index in [1.54, 1.807) is 7.11 Å². The number of methoxy groups -OCH3 is 1. The summed E-state index contributed by atoms with van der Waals surface area (Å²) in [6, 6.07) is 2.19. The van der Waals surface area contributed by atoms with Crippen LogP contribution in [0.1, 0.15) is 24.2 Å². The van der Waals surface area contributed by atoms with Crippen molar-refractivity contribution in [3.05, 3.63) is 17.5 Å². The van der Waals surface area contributed by atoms with Crippen LogP contribution < -0.4 is 0 Å². The van der Waals surface area contributed by atoms with Gasteiger partial charge in [0.1, 0.15) is 0 Å². The van der Waals surface area contributed by atoms with E-state index in [2.05, 4.69) is 27.9 Å². The third-order valence-corrected chi connectivity index (χ3v) is 5.45. The zero-order valence-corrected chi connectivity index (χ0v) is 14.8. The predicted molar refractivity (Wildman–Crippen MR) is 89.5 cm³/mol. The van der Waals surface area contributed by atoms with E-state index in [0.717, 1.165) is 52.5 Å². The van der Waals surface area contributed by atoms with Gasteiger partial charge in [-0.1, -0.05) is 0 Å². The first-order valence-electron chi connectivity index (χ1n) is 8.67. The monoisotopic (exact) mass is 322 g/mol. The molecule has 0 atom stereocenters. The number of ether oxygens (including phenoxy) is 2. The Morgan fingerprint density at radius 2 is 2.09 bits per heavy atom. The van der Waals surface area contributed by atoms with Gasteiger partial charge < -0.3 is 9.47 Å². The van der Waals surface area contributed by atoms with Crippen LogP contribution >= 0.6 is 0 Å². The van der Waals surface area contributed by atoms with Gasteiger partial charge in [0.2, 0.25) is 0 Å². The molecule has 0 N–H and O–H groups in total. The minimum atomic E-state index is 0.216. The Morgan fingerprint density at radius 3 is 2.74 bits per heavy atom. The first kappa shape index (κ1) is 16.9. The molecule has 0 saturated carbocycles.